The molecule has 7 heteroatoms. The Labute approximate surface area is 196 Å². The molecule has 3 aliphatic rings. The van der Waals surface area contributed by atoms with Crippen molar-refractivity contribution in [3.8, 4) is 0 Å². The van der Waals surface area contributed by atoms with Gasteiger partial charge in [-0.15, -0.1) is 0 Å². The summed E-state index contributed by atoms with van der Waals surface area (Å²) in [5.41, 5.74) is 3.96. The van der Waals surface area contributed by atoms with E-state index in [1.807, 2.05) is 17.0 Å². The Morgan fingerprint density at radius 1 is 1.24 bits per heavy atom. The molecule has 1 unspecified atom stereocenters. The molecule has 0 radical (unpaired) electrons. The van der Waals surface area contributed by atoms with Gasteiger partial charge in [-0.2, -0.15) is 0 Å². The highest BCUT2D eigenvalue weighted by molar-refractivity contribution is 6.00. The van der Waals surface area contributed by atoms with E-state index in [1.165, 1.54) is 0 Å². The van der Waals surface area contributed by atoms with E-state index in [-0.39, 0.29) is 24.0 Å². The van der Waals surface area contributed by atoms with E-state index in [1.54, 1.807) is 13.3 Å². The molecule has 1 saturated carbocycles. The number of likely N-dealkylation sites (N-methyl/N-ethyl adjacent to an activating group) is 1. The fourth-order valence-electron chi connectivity index (χ4n) is 5.31. The van der Waals surface area contributed by atoms with Crippen LogP contribution in [-0.4, -0.2) is 50.4 Å². The van der Waals surface area contributed by atoms with Crippen LogP contribution in [0.3, 0.4) is 0 Å². The summed E-state index contributed by atoms with van der Waals surface area (Å²) in [7, 11) is 3.87. The first kappa shape index (κ1) is 22.2. The molecule has 3 heterocycles. The minimum atomic E-state index is 0.0238. The quantitative estimate of drug-likeness (QED) is 0.724. The molecule has 2 aliphatic heterocycles. The van der Waals surface area contributed by atoms with Gasteiger partial charge in [0.1, 0.15) is 5.82 Å². The Morgan fingerprint density at radius 3 is 2.85 bits per heavy atom. The van der Waals surface area contributed by atoms with Crippen molar-refractivity contribution in [2.24, 2.45) is 5.92 Å². The van der Waals surface area contributed by atoms with Crippen LogP contribution in [0.1, 0.15) is 44.1 Å². The van der Waals surface area contributed by atoms with Gasteiger partial charge in [-0.25, -0.2) is 4.98 Å². The topological polar surface area (TPSA) is 66.9 Å². The summed E-state index contributed by atoms with van der Waals surface area (Å²) >= 11 is 0. The van der Waals surface area contributed by atoms with Gasteiger partial charge in [0.05, 0.1) is 30.1 Å². The SMILES string of the molecule is CO[C@H]1CC[C@H](C(=O)N2Cc3cccnc3Nc3ccc(N(C)CC4CCCO4)cc32)CC1. The summed E-state index contributed by atoms with van der Waals surface area (Å²) in [6.45, 7) is 2.22. The Morgan fingerprint density at radius 2 is 2.09 bits per heavy atom. The molecular weight excluding hydrogens is 416 g/mol. The Kier molecular flexibility index (Phi) is 6.51. The fraction of sp³-hybridized carbons (Fsp3) is 0.538. The van der Waals surface area contributed by atoms with Gasteiger partial charge in [-0.05, 0) is 62.8 Å². The van der Waals surface area contributed by atoms with E-state index in [4.69, 9.17) is 9.47 Å². The Bertz CT molecular complexity index is 983. The zero-order chi connectivity index (χ0) is 22.8. The van der Waals surface area contributed by atoms with Crippen LogP contribution in [0.15, 0.2) is 36.5 Å². The predicted molar refractivity (Wildman–Crippen MR) is 130 cm³/mol. The molecule has 1 saturated heterocycles. The molecular formula is C26H34N4O3. The van der Waals surface area contributed by atoms with E-state index < -0.39 is 0 Å². The van der Waals surface area contributed by atoms with Gasteiger partial charge >= 0.3 is 0 Å². The number of ether oxygens (including phenoxy) is 2. The number of nitrogens with one attached hydrogen (secondary N) is 1. The van der Waals surface area contributed by atoms with Crippen LogP contribution in [0, 0.1) is 5.92 Å². The average Bonchev–Trinajstić information content (AvgIpc) is 3.30. The predicted octanol–water partition coefficient (Wildman–Crippen LogP) is 4.49. The van der Waals surface area contributed by atoms with Crippen LogP contribution in [0.5, 0.6) is 0 Å². The largest absolute Gasteiger partial charge is 0.381 e. The van der Waals surface area contributed by atoms with E-state index in [9.17, 15) is 4.79 Å². The fourth-order valence-corrected chi connectivity index (χ4v) is 5.31. The van der Waals surface area contributed by atoms with Crippen molar-refractivity contribution in [3.63, 3.8) is 0 Å². The zero-order valence-electron chi connectivity index (χ0n) is 19.6. The number of anilines is 4. The second-order valence-corrected chi connectivity index (χ2v) is 9.49. The molecule has 5 rings (SSSR count). The summed E-state index contributed by atoms with van der Waals surface area (Å²) in [5, 5.41) is 3.48. The third-order valence-electron chi connectivity index (χ3n) is 7.31. The lowest BCUT2D eigenvalue weighted by Crippen LogP contribution is -2.38. The maximum atomic E-state index is 13.8. The number of hydrogen-bond donors (Lipinski definition) is 1. The number of rotatable bonds is 5. The number of fused-ring (bicyclic) bond motifs is 2. The molecule has 176 valence electrons. The molecule has 0 spiro atoms. The number of nitrogens with zero attached hydrogens (tertiary/aromatic N) is 3. The molecule has 1 amide bonds. The lowest BCUT2D eigenvalue weighted by molar-refractivity contribution is -0.124. The number of hydrogen-bond acceptors (Lipinski definition) is 6. The van der Waals surface area contributed by atoms with E-state index in [0.29, 0.717) is 6.54 Å². The second kappa shape index (κ2) is 9.69. The second-order valence-electron chi connectivity index (χ2n) is 9.49. The van der Waals surface area contributed by atoms with Crippen molar-refractivity contribution in [1.29, 1.82) is 0 Å². The zero-order valence-corrected chi connectivity index (χ0v) is 19.6. The smallest absolute Gasteiger partial charge is 0.230 e. The van der Waals surface area contributed by atoms with Crippen LogP contribution in [0.2, 0.25) is 0 Å². The summed E-state index contributed by atoms with van der Waals surface area (Å²) in [6, 6.07) is 10.3. The van der Waals surface area contributed by atoms with Gasteiger partial charge in [0.25, 0.3) is 0 Å². The molecule has 0 bridgehead atoms. The minimum absolute atomic E-state index is 0.0238. The van der Waals surface area contributed by atoms with Crippen molar-refractivity contribution < 1.29 is 14.3 Å². The van der Waals surface area contributed by atoms with Crippen LogP contribution in [0.25, 0.3) is 0 Å². The molecule has 1 aromatic heterocycles. The monoisotopic (exact) mass is 450 g/mol. The number of carbonyl (C=O) groups is 1. The summed E-state index contributed by atoms with van der Waals surface area (Å²) in [6.07, 6.45) is 8.19. The summed E-state index contributed by atoms with van der Waals surface area (Å²) < 4.78 is 11.4. The molecule has 1 aliphatic carbocycles. The highest BCUT2D eigenvalue weighted by Crippen LogP contribution is 2.39. The highest BCUT2D eigenvalue weighted by Gasteiger charge is 2.33. The number of methoxy groups -OCH3 is 1. The first-order valence-corrected chi connectivity index (χ1v) is 12.1. The van der Waals surface area contributed by atoms with Gasteiger partial charge in [-0.3, -0.25) is 4.79 Å². The van der Waals surface area contributed by atoms with Crippen molar-refractivity contribution >= 4 is 28.8 Å². The molecule has 33 heavy (non-hydrogen) atoms. The summed E-state index contributed by atoms with van der Waals surface area (Å²) in [5.74, 6) is 1.04. The lowest BCUT2D eigenvalue weighted by atomic mass is 9.86. The normalized spacial score (nSPS) is 24.4. The molecule has 7 nitrogen and oxygen atoms in total. The van der Waals surface area contributed by atoms with Crippen molar-refractivity contribution in [3.05, 3.63) is 42.1 Å². The standard InChI is InChI=1S/C26H34N4O3/c1-29(17-22-6-4-14-33-22)20-9-12-23-24(15-20)30(16-19-5-3-13-27-25(19)28-23)26(31)18-7-10-21(32-2)11-8-18/h3,5,9,12-13,15,18,21-22H,4,6-8,10-11,14,16-17H2,1-2H3,(H,27,28)/t18-,21-,22?. The molecule has 1 atom stereocenters. The maximum absolute atomic E-state index is 13.8. The average molecular weight is 451 g/mol. The van der Waals surface area contributed by atoms with Crippen molar-refractivity contribution in [1.82, 2.24) is 4.98 Å². The first-order chi connectivity index (χ1) is 16.1. The maximum Gasteiger partial charge on any atom is 0.230 e. The van der Waals surface area contributed by atoms with Crippen LogP contribution < -0.4 is 15.1 Å². The minimum Gasteiger partial charge on any atom is -0.381 e. The van der Waals surface area contributed by atoms with Gasteiger partial charge in [0, 0.05) is 50.7 Å². The van der Waals surface area contributed by atoms with E-state index in [2.05, 4.69) is 40.4 Å². The number of pyridine rings is 1. The molecule has 1 aromatic carbocycles. The summed E-state index contributed by atoms with van der Waals surface area (Å²) in [4.78, 5) is 22.6. The molecule has 2 aromatic rings. The van der Waals surface area contributed by atoms with Crippen LogP contribution >= 0.6 is 0 Å². The van der Waals surface area contributed by atoms with Gasteiger partial charge < -0.3 is 24.6 Å². The van der Waals surface area contributed by atoms with Crippen molar-refractivity contribution in [2.75, 3.05) is 42.4 Å². The highest BCUT2D eigenvalue weighted by atomic mass is 16.5. The lowest BCUT2D eigenvalue weighted by Gasteiger charge is -2.32. The number of amides is 1. The van der Waals surface area contributed by atoms with E-state index in [0.717, 1.165) is 80.1 Å². The number of aromatic nitrogens is 1. The van der Waals surface area contributed by atoms with E-state index >= 15 is 0 Å². The molecule has 2 fully saturated rings. The Hall–Kier alpha value is -2.64. The van der Waals surface area contributed by atoms with Gasteiger partial charge in [0.15, 0.2) is 0 Å². The first-order valence-electron chi connectivity index (χ1n) is 12.1. The van der Waals surface area contributed by atoms with Crippen molar-refractivity contribution in [2.45, 2.75) is 57.3 Å². The van der Waals surface area contributed by atoms with Gasteiger partial charge in [-0.1, -0.05) is 6.07 Å². The molecule has 1 N–H and O–H groups in total. The van der Waals surface area contributed by atoms with Crippen LogP contribution in [0.4, 0.5) is 22.9 Å². The van der Waals surface area contributed by atoms with Crippen LogP contribution in [-0.2, 0) is 20.8 Å². The van der Waals surface area contributed by atoms with Gasteiger partial charge in [0.2, 0.25) is 5.91 Å². The number of benzene rings is 1. The third-order valence-corrected chi connectivity index (χ3v) is 7.31. The number of carbonyl (C=O) groups excluding carboxylic acids is 1. The Balaban J connectivity index is 1.45. The third kappa shape index (κ3) is 4.70.